The summed E-state index contributed by atoms with van der Waals surface area (Å²) in [5.41, 5.74) is 1.77. The average Bonchev–Trinajstić information content (AvgIpc) is 2.74. The minimum atomic E-state index is -2.84. The summed E-state index contributed by atoms with van der Waals surface area (Å²) in [7, 11) is 0. The highest BCUT2D eigenvalue weighted by atomic mass is 19.3. The number of benzene rings is 3. The summed E-state index contributed by atoms with van der Waals surface area (Å²) in [6.45, 7) is -0.0687. The van der Waals surface area contributed by atoms with Crippen LogP contribution < -0.4 is 9.47 Å². The zero-order chi connectivity index (χ0) is 21.3. The summed E-state index contributed by atoms with van der Waals surface area (Å²) in [5, 5.41) is 0. The van der Waals surface area contributed by atoms with E-state index in [1.165, 1.54) is 18.2 Å². The lowest BCUT2D eigenvalue weighted by Crippen LogP contribution is -2.08. The second-order valence-corrected chi connectivity index (χ2v) is 6.75. The maximum atomic E-state index is 14.1. The normalized spacial score (nSPS) is 12.0. The molecule has 1 unspecified atom stereocenters. The SMILES string of the molecule is CCC(COCc1ccc(F)c(Oc2ccccc2)c1)c1ccc(OC(F)F)cc1. The van der Waals surface area contributed by atoms with Gasteiger partial charge in [0, 0.05) is 5.92 Å². The van der Waals surface area contributed by atoms with Gasteiger partial charge in [0.1, 0.15) is 11.5 Å². The second-order valence-electron chi connectivity index (χ2n) is 6.75. The first-order chi connectivity index (χ1) is 14.5. The van der Waals surface area contributed by atoms with E-state index in [2.05, 4.69) is 4.74 Å². The van der Waals surface area contributed by atoms with E-state index in [0.717, 1.165) is 17.5 Å². The molecule has 0 aliphatic rings. The molecular formula is C24H23F3O3. The van der Waals surface area contributed by atoms with Crippen LogP contribution in [-0.2, 0) is 11.3 Å². The number of para-hydroxylation sites is 1. The van der Waals surface area contributed by atoms with Crippen molar-refractivity contribution in [2.75, 3.05) is 6.61 Å². The second kappa shape index (κ2) is 10.7. The van der Waals surface area contributed by atoms with Gasteiger partial charge in [-0.3, -0.25) is 0 Å². The molecule has 1 atom stereocenters. The Balaban J connectivity index is 1.57. The molecule has 0 heterocycles. The zero-order valence-corrected chi connectivity index (χ0v) is 16.6. The fourth-order valence-electron chi connectivity index (χ4n) is 3.02. The van der Waals surface area contributed by atoms with Gasteiger partial charge >= 0.3 is 6.61 Å². The van der Waals surface area contributed by atoms with E-state index in [-0.39, 0.29) is 17.4 Å². The van der Waals surface area contributed by atoms with Crippen LogP contribution in [0.2, 0.25) is 0 Å². The quantitative estimate of drug-likeness (QED) is 0.359. The smallest absolute Gasteiger partial charge is 0.387 e. The number of hydrogen-bond donors (Lipinski definition) is 0. The Hall–Kier alpha value is -2.99. The first-order valence-electron chi connectivity index (χ1n) is 9.69. The van der Waals surface area contributed by atoms with Gasteiger partial charge in [-0.25, -0.2) is 4.39 Å². The van der Waals surface area contributed by atoms with Crippen molar-refractivity contribution in [3.05, 3.63) is 89.7 Å². The summed E-state index contributed by atoms with van der Waals surface area (Å²) in [6, 6.07) is 20.2. The van der Waals surface area contributed by atoms with Gasteiger partial charge in [0.2, 0.25) is 0 Å². The summed E-state index contributed by atoms with van der Waals surface area (Å²) in [5.74, 6) is 0.483. The monoisotopic (exact) mass is 416 g/mol. The topological polar surface area (TPSA) is 27.7 Å². The Morgan fingerprint density at radius 2 is 1.60 bits per heavy atom. The number of alkyl halides is 2. The molecule has 0 saturated carbocycles. The van der Waals surface area contributed by atoms with Gasteiger partial charge in [-0.15, -0.1) is 0 Å². The lowest BCUT2D eigenvalue weighted by atomic mass is 9.97. The van der Waals surface area contributed by atoms with Crippen LogP contribution in [-0.4, -0.2) is 13.2 Å². The van der Waals surface area contributed by atoms with Gasteiger partial charge in [-0.2, -0.15) is 8.78 Å². The fourth-order valence-corrected chi connectivity index (χ4v) is 3.02. The molecule has 6 heteroatoms. The van der Waals surface area contributed by atoms with Crippen LogP contribution in [0, 0.1) is 5.82 Å². The minimum Gasteiger partial charge on any atom is -0.454 e. The maximum absolute atomic E-state index is 14.1. The van der Waals surface area contributed by atoms with Gasteiger partial charge in [-0.1, -0.05) is 43.3 Å². The molecule has 0 aromatic heterocycles. The third kappa shape index (κ3) is 6.26. The summed E-state index contributed by atoms with van der Waals surface area (Å²) >= 11 is 0. The molecule has 3 aromatic carbocycles. The highest BCUT2D eigenvalue weighted by molar-refractivity contribution is 5.35. The molecule has 3 rings (SSSR count). The van der Waals surface area contributed by atoms with Gasteiger partial charge < -0.3 is 14.2 Å². The molecule has 3 nitrogen and oxygen atoms in total. The molecule has 0 N–H and O–H groups in total. The summed E-state index contributed by atoms with van der Waals surface area (Å²) in [6.07, 6.45) is 0.820. The Morgan fingerprint density at radius 1 is 0.867 bits per heavy atom. The molecule has 0 bridgehead atoms. The van der Waals surface area contributed by atoms with E-state index >= 15 is 0 Å². The molecule has 3 aromatic rings. The van der Waals surface area contributed by atoms with E-state index in [0.29, 0.717) is 19.0 Å². The van der Waals surface area contributed by atoms with Crippen LogP contribution in [0.5, 0.6) is 17.2 Å². The van der Waals surface area contributed by atoms with Crippen molar-refractivity contribution in [1.82, 2.24) is 0 Å². The molecule has 30 heavy (non-hydrogen) atoms. The molecule has 0 aliphatic heterocycles. The van der Waals surface area contributed by atoms with Crippen molar-refractivity contribution in [1.29, 1.82) is 0 Å². The fraction of sp³-hybridized carbons (Fsp3) is 0.250. The van der Waals surface area contributed by atoms with Crippen molar-refractivity contribution in [2.45, 2.75) is 32.5 Å². The zero-order valence-electron chi connectivity index (χ0n) is 16.6. The van der Waals surface area contributed by atoms with Crippen LogP contribution in [0.15, 0.2) is 72.8 Å². The number of halogens is 3. The van der Waals surface area contributed by atoms with Crippen LogP contribution in [0.1, 0.15) is 30.4 Å². The predicted molar refractivity (Wildman–Crippen MR) is 109 cm³/mol. The van der Waals surface area contributed by atoms with Crippen LogP contribution >= 0.6 is 0 Å². The molecule has 0 amide bonds. The highest BCUT2D eigenvalue weighted by Gasteiger charge is 2.12. The third-order valence-corrected chi connectivity index (χ3v) is 4.62. The first kappa shape index (κ1) is 21.7. The van der Waals surface area contributed by atoms with Gasteiger partial charge in [0.25, 0.3) is 0 Å². The van der Waals surface area contributed by atoms with Crippen molar-refractivity contribution < 1.29 is 27.4 Å². The molecule has 0 spiro atoms. The van der Waals surface area contributed by atoms with Crippen LogP contribution in [0.25, 0.3) is 0 Å². The summed E-state index contributed by atoms with van der Waals surface area (Å²) in [4.78, 5) is 0. The van der Waals surface area contributed by atoms with Crippen molar-refractivity contribution in [2.24, 2.45) is 0 Å². The largest absolute Gasteiger partial charge is 0.454 e. The third-order valence-electron chi connectivity index (χ3n) is 4.62. The van der Waals surface area contributed by atoms with E-state index in [9.17, 15) is 13.2 Å². The van der Waals surface area contributed by atoms with Crippen molar-refractivity contribution in [3.63, 3.8) is 0 Å². The summed E-state index contributed by atoms with van der Waals surface area (Å²) < 4.78 is 54.4. The maximum Gasteiger partial charge on any atom is 0.387 e. The average molecular weight is 416 g/mol. The standard InChI is InChI=1S/C24H23F3O3/c1-2-18(19-9-11-21(12-10-19)30-24(26)27)16-28-15-17-8-13-22(25)23(14-17)29-20-6-4-3-5-7-20/h3-14,18,24H,2,15-16H2,1H3. The van der Waals surface area contributed by atoms with Crippen LogP contribution in [0.4, 0.5) is 13.2 Å². The Kier molecular flexibility index (Phi) is 7.74. The molecule has 0 fully saturated rings. The molecule has 0 saturated heterocycles. The van der Waals surface area contributed by atoms with E-state index in [1.807, 2.05) is 25.1 Å². The lowest BCUT2D eigenvalue weighted by molar-refractivity contribution is -0.0498. The first-order valence-corrected chi connectivity index (χ1v) is 9.69. The van der Waals surface area contributed by atoms with Crippen molar-refractivity contribution in [3.8, 4) is 17.2 Å². The van der Waals surface area contributed by atoms with Crippen LogP contribution in [0.3, 0.4) is 0 Å². The Labute approximate surface area is 174 Å². The van der Waals surface area contributed by atoms with E-state index < -0.39 is 12.4 Å². The Morgan fingerprint density at radius 3 is 2.27 bits per heavy atom. The van der Waals surface area contributed by atoms with E-state index in [1.54, 1.807) is 36.4 Å². The molecule has 158 valence electrons. The van der Waals surface area contributed by atoms with Gasteiger partial charge in [-0.05, 0) is 53.9 Å². The van der Waals surface area contributed by atoms with E-state index in [4.69, 9.17) is 9.47 Å². The molecule has 0 aliphatic carbocycles. The lowest BCUT2D eigenvalue weighted by Gasteiger charge is -2.17. The minimum absolute atomic E-state index is 0.103. The van der Waals surface area contributed by atoms with Crippen molar-refractivity contribution >= 4 is 0 Å². The Bertz CT molecular complexity index is 915. The van der Waals surface area contributed by atoms with Gasteiger partial charge in [0.15, 0.2) is 11.6 Å². The number of rotatable bonds is 10. The molecule has 0 radical (unpaired) electrons. The van der Waals surface area contributed by atoms with Gasteiger partial charge in [0.05, 0.1) is 13.2 Å². The highest BCUT2D eigenvalue weighted by Crippen LogP contribution is 2.27. The molecular weight excluding hydrogens is 393 g/mol. The predicted octanol–water partition coefficient (Wildman–Crippen LogP) is 6.93. The number of hydrogen-bond acceptors (Lipinski definition) is 3. The number of ether oxygens (including phenoxy) is 3.